The molecule has 2 aromatic heterocycles. The summed E-state index contributed by atoms with van der Waals surface area (Å²) in [5.41, 5.74) is 0.821. The second-order valence-electron chi connectivity index (χ2n) is 6.48. The van der Waals surface area contributed by atoms with Gasteiger partial charge in [0.05, 0.1) is 35.8 Å². The molecular weight excluding hydrogens is 390 g/mol. The van der Waals surface area contributed by atoms with Gasteiger partial charge in [-0.2, -0.15) is 0 Å². The molecule has 2 fully saturated rings. The van der Waals surface area contributed by atoms with Gasteiger partial charge in [-0.05, 0) is 31.2 Å². The van der Waals surface area contributed by atoms with E-state index in [0.29, 0.717) is 24.1 Å². The van der Waals surface area contributed by atoms with Crippen molar-refractivity contribution in [3.63, 3.8) is 0 Å². The number of amides is 2. The third-order valence-electron chi connectivity index (χ3n) is 4.61. The molecule has 144 valence electrons. The van der Waals surface area contributed by atoms with Crippen molar-refractivity contribution >= 4 is 29.0 Å². The summed E-state index contributed by atoms with van der Waals surface area (Å²) in [5.74, 6) is 0.721. The molecule has 0 spiro atoms. The molecule has 2 amide bonds. The predicted octanol–water partition coefficient (Wildman–Crippen LogP) is 2.52. The molecule has 27 heavy (non-hydrogen) atoms. The monoisotopic (exact) mass is 409 g/mol. The molecule has 2 saturated heterocycles. The summed E-state index contributed by atoms with van der Waals surface area (Å²) in [6, 6.07) is 6.94. The number of carbonyl (C=O) groups is 1. The number of nitrogens with zero attached hydrogens (tertiary/aromatic N) is 1. The molecule has 2 aromatic rings. The molecule has 2 aliphatic heterocycles. The Morgan fingerprint density at radius 2 is 2.19 bits per heavy atom. The van der Waals surface area contributed by atoms with E-state index in [2.05, 4.69) is 15.6 Å². The Kier molecular flexibility index (Phi) is 5.49. The van der Waals surface area contributed by atoms with Crippen LogP contribution in [0.25, 0.3) is 0 Å². The summed E-state index contributed by atoms with van der Waals surface area (Å²) in [7, 11) is 0. The van der Waals surface area contributed by atoms with Crippen LogP contribution in [-0.4, -0.2) is 48.6 Å². The van der Waals surface area contributed by atoms with Gasteiger partial charge in [0, 0.05) is 11.1 Å². The van der Waals surface area contributed by atoms with E-state index < -0.39 is 0 Å². The minimum Gasteiger partial charge on any atom is -0.483 e. The minimum atomic E-state index is -0.259. The van der Waals surface area contributed by atoms with Crippen molar-refractivity contribution in [1.29, 1.82) is 0 Å². The quantitative estimate of drug-likeness (QED) is 0.793. The number of rotatable bonds is 5. The summed E-state index contributed by atoms with van der Waals surface area (Å²) in [5, 5.41) is 5.76. The predicted molar refractivity (Wildman–Crippen MR) is 101 cm³/mol. The molecule has 0 saturated carbocycles. The highest BCUT2D eigenvalue weighted by atomic mass is 35.5. The van der Waals surface area contributed by atoms with Crippen LogP contribution >= 0.6 is 22.9 Å². The fourth-order valence-corrected chi connectivity index (χ4v) is 4.31. The standard InChI is InChI=1S/C18H20ClN3O4S/c1-10-13(3-2-6-20-10)26-14-9-25-16-12(8-24-17(14)16)22-18(23)21-7-11-4-5-15(19)27-11/h2-6,12,14,16-17H,7-9H2,1H3,(H2,21,22,23)/t12-,14-,16+,17+/m0/s1. The fourth-order valence-electron chi connectivity index (χ4n) is 3.28. The summed E-state index contributed by atoms with van der Waals surface area (Å²) in [6.07, 6.45) is 1.06. The first-order valence-electron chi connectivity index (χ1n) is 8.70. The van der Waals surface area contributed by atoms with Crippen LogP contribution in [0.2, 0.25) is 4.34 Å². The molecule has 0 radical (unpaired) electrons. The van der Waals surface area contributed by atoms with E-state index in [1.807, 2.05) is 31.2 Å². The number of pyridine rings is 1. The maximum atomic E-state index is 12.2. The zero-order valence-electron chi connectivity index (χ0n) is 14.7. The Morgan fingerprint density at radius 3 is 2.96 bits per heavy atom. The minimum absolute atomic E-state index is 0.217. The molecule has 7 nitrogen and oxygen atoms in total. The smallest absolute Gasteiger partial charge is 0.315 e. The van der Waals surface area contributed by atoms with E-state index in [0.717, 1.165) is 16.3 Å². The van der Waals surface area contributed by atoms with Crippen LogP contribution in [-0.2, 0) is 16.0 Å². The Bertz CT molecular complexity index is 817. The summed E-state index contributed by atoms with van der Waals surface area (Å²) < 4.78 is 18.4. The van der Waals surface area contributed by atoms with Crippen molar-refractivity contribution in [2.75, 3.05) is 13.2 Å². The molecular formula is C18H20ClN3O4S. The number of aromatic nitrogens is 1. The lowest BCUT2D eigenvalue weighted by Crippen LogP contribution is -2.48. The highest BCUT2D eigenvalue weighted by Gasteiger charge is 2.49. The number of hydrogen-bond donors (Lipinski definition) is 2. The molecule has 2 aliphatic rings. The van der Waals surface area contributed by atoms with E-state index in [1.165, 1.54) is 11.3 Å². The van der Waals surface area contributed by atoms with Crippen molar-refractivity contribution in [1.82, 2.24) is 15.6 Å². The van der Waals surface area contributed by atoms with E-state index in [9.17, 15) is 4.79 Å². The van der Waals surface area contributed by atoms with E-state index >= 15 is 0 Å². The number of halogens is 1. The zero-order valence-corrected chi connectivity index (χ0v) is 16.3. The van der Waals surface area contributed by atoms with Crippen molar-refractivity contribution in [2.24, 2.45) is 0 Å². The first kappa shape index (κ1) is 18.5. The molecule has 0 bridgehead atoms. The van der Waals surface area contributed by atoms with Gasteiger partial charge in [0.2, 0.25) is 0 Å². The first-order chi connectivity index (χ1) is 13.1. The lowest BCUT2D eigenvalue weighted by Gasteiger charge is -2.19. The molecule has 2 N–H and O–H groups in total. The second kappa shape index (κ2) is 8.02. The Balaban J connectivity index is 1.29. The number of urea groups is 1. The number of hydrogen-bond acceptors (Lipinski definition) is 6. The molecule has 4 heterocycles. The summed E-state index contributed by atoms with van der Waals surface area (Å²) in [4.78, 5) is 17.4. The SMILES string of the molecule is Cc1ncccc1O[C@H]1CO[C@H]2[C@@H]1OC[C@@H]2NC(=O)NCc1ccc(Cl)s1. The zero-order chi connectivity index (χ0) is 18.8. The lowest BCUT2D eigenvalue weighted by atomic mass is 10.1. The maximum absolute atomic E-state index is 12.2. The Hall–Kier alpha value is -1.87. The Morgan fingerprint density at radius 1 is 1.33 bits per heavy atom. The van der Waals surface area contributed by atoms with Crippen molar-refractivity contribution < 1.29 is 19.0 Å². The van der Waals surface area contributed by atoms with Gasteiger partial charge in [-0.3, -0.25) is 4.98 Å². The van der Waals surface area contributed by atoms with Crippen LogP contribution in [0, 0.1) is 6.92 Å². The van der Waals surface area contributed by atoms with Gasteiger partial charge in [0.1, 0.15) is 18.0 Å². The van der Waals surface area contributed by atoms with Crippen LogP contribution in [0.3, 0.4) is 0 Å². The average Bonchev–Trinajstić information content (AvgIpc) is 3.34. The molecule has 0 unspecified atom stereocenters. The molecule has 0 aromatic carbocycles. The highest BCUT2D eigenvalue weighted by Crippen LogP contribution is 2.30. The van der Waals surface area contributed by atoms with Gasteiger partial charge >= 0.3 is 6.03 Å². The second-order valence-corrected chi connectivity index (χ2v) is 8.28. The first-order valence-corrected chi connectivity index (χ1v) is 9.89. The third-order valence-corrected chi connectivity index (χ3v) is 5.84. The number of thiophene rings is 1. The normalized spacial score (nSPS) is 26.6. The van der Waals surface area contributed by atoms with Gasteiger partial charge < -0.3 is 24.8 Å². The van der Waals surface area contributed by atoms with Crippen LogP contribution in [0.1, 0.15) is 10.6 Å². The summed E-state index contributed by atoms with van der Waals surface area (Å²) in [6.45, 7) is 3.13. The van der Waals surface area contributed by atoms with Crippen LogP contribution in [0.5, 0.6) is 5.75 Å². The topological polar surface area (TPSA) is 81.7 Å². The van der Waals surface area contributed by atoms with Gasteiger partial charge in [-0.25, -0.2) is 4.79 Å². The van der Waals surface area contributed by atoms with E-state index in [-0.39, 0.29) is 30.4 Å². The molecule has 9 heteroatoms. The molecule has 4 atom stereocenters. The fraction of sp³-hybridized carbons (Fsp3) is 0.444. The molecule has 0 aliphatic carbocycles. The largest absolute Gasteiger partial charge is 0.483 e. The summed E-state index contributed by atoms with van der Waals surface area (Å²) >= 11 is 7.34. The highest BCUT2D eigenvalue weighted by molar-refractivity contribution is 7.16. The average molecular weight is 410 g/mol. The number of nitrogens with one attached hydrogen (secondary N) is 2. The van der Waals surface area contributed by atoms with Crippen LogP contribution in [0.15, 0.2) is 30.5 Å². The maximum Gasteiger partial charge on any atom is 0.315 e. The van der Waals surface area contributed by atoms with Gasteiger partial charge in [-0.15, -0.1) is 11.3 Å². The van der Waals surface area contributed by atoms with Gasteiger partial charge in [0.15, 0.2) is 6.10 Å². The van der Waals surface area contributed by atoms with E-state index in [4.69, 9.17) is 25.8 Å². The van der Waals surface area contributed by atoms with Crippen molar-refractivity contribution in [2.45, 2.75) is 37.8 Å². The van der Waals surface area contributed by atoms with Crippen LogP contribution in [0.4, 0.5) is 4.79 Å². The third kappa shape index (κ3) is 4.19. The number of ether oxygens (including phenoxy) is 3. The molecule has 4 rings (SSSR count). The van der Waals surface area contributed by atoms with Crippen molar-refractivity contribution in [3.05, 3.63) is 45.4 Å². The number of carbonyl (C=O) groups excluding carboxylic acids is 1. The van der Waals surface area contributed by atoms with E-state index in [1.54, 1.807) is 6.20 Å². The number of aryl methyl sites for hydroxylation is 1. The van der Waals surface area contributed by atoms with Gasteiger partial charge in [-0.1, -0.05) is 11.6 Å². The Labute approximate surface area is 166 Å². The number of fused-ring (bicyclic) bond motifs is 1. The van der Waals surface area contributed by atoms with Crippen molar-refractivity contribution in [3.8, 4) is 5.75 Å². The lowest BCUT2D eigenvalue weighted by molar-refractivity contribution is 0.0299. The van der Waals surface area contributed by atoms with Crippen LogP contribution < -0.4 is 15.4 Å². The van der Waals surface area contributed by atoms with Gasteiger partial charge in [0.25, 0.3) is 0 Å².